The number of aromatic nitrogens is 2. The maximum atomic E-state index is 12.5. The smallest absolute Gasteiger partial charge is 0.345 e. The average molecular weight is 536 g/mol. The van der Waals surface area contributed by atoms with E-state index in [4.69, 9.17) is 23.2 Å². The zero-order chi connectivity index (χ0) is 25.1. The number of carbonyl (C=O) groups excluding carboxylic acids is 1. The summed E-state index contributed by atoms with van der Waals surface area (Å²) >= 11 is 11.9. The first-order valence-corrected chi connectivity index (χ1v) is 11.2. The van der Waals surface area contributed by atoms with Crippen LogP contribution in [0.25, 0.3) is 0 Å². The molecule has 0 unspecified atom stereocenters. The molecule has 9 nitrogen and oxygen atoms in total. The normalized spacial score (nSPS) is 11.9. The molecule has 0 aliphatic heterocycles. The van der Waals surface area contributed by atoms with Crippen LogP contribution in [0.1, 0.15) is 0 Å². The molecule has 34 heavy (non-hydrogen) atoms. The number of nitrogens with zero attached hydrogens (tertiary/aromatic N) is 3. The van der Waals surface area contributed by atoms with Gasteiger partial charge in [-0.1, -0.05) is 29.3 Å². The summed E-state index contributed by atoms with van der Waals surface area (Å²) in [6.45, 7) is 0. The zero-order valence-electron chi connectivity index (χ0n) is 17.0. The fourth-order valence-corrected chi connectivity index (χ4v) is 4.03. The number of nitrogens with one attached hydrogen (secondary N) is 2. The number of hydrogen-bond acceptors (Lipinski definition) is 8. The lowest BCUT2D eigenvalue weighted by atomic mass is 10.3. The molecule has 0 aliphatic carbocycles. The van der Waals surface area contributed by atoms with Crippen molar-refractivity contribution in [1.29, 1.82) is 0 Å². The van der Waals surface area contributed by atoms with E-state index in [0.717, 1.165) is 12.1 Å². The molecule has 0 fully saturated rings. The summed E-state index contributed by atoms with van der Waals surface area (Å²) in [6, 6.07) is 11.4. The van der Waals surface area contributed by atoms with Crippen LogP contribution >= 0.6 is 23.2 Å². The highest BCUT2D eigenvalue weighted by molar-refractivity contribution is 7.89. The van der Waals surface area contributed by atoms with E-state index in [-0.39, 0.29) is 16.0 Å². The monoisotopic (exact) mass is 535 g/mol. The number of hydrogen-bond donors (Lipinski definition) is 2. The van der Waals surface area contributed by atoms with Gasteiger partial charge in [-0.15, -0.1) is 0 Å². The molecule has 3 rings (SSSR count). The van der Waals surface area contributed by atoms with Crippen molar-refractivity contribution in [2.75, 3.05) is 17.7 Å². The summed E-state index contributed by atoms with van der Waals surface area (Å²) in [5, 5.41) is 6.66. The van der Waals surface area contributed by atoms with Crippen molar-refractivity contribution in [3.63, 3.8) is 0 Å². The van der Waals surface area contributed by atoms with Gasteiger partial charge in [0.1, 0.15) is 18.0 Å². The largest absolute Gasteiger partial charge is 0.492 e. The molecular formula is C19H14Cl2F3N5O4S. The summed E-state index contributed by atoms with van der Waals surface area (Å²) in [4.78, 5) is 22.5. The number of anilines is 4. The molecule has 2 aromatic carbocycles. The molecule has 0 atom stereocenters. The lowest BCUT2D eigenvalue weighted by molar-refractivity contribution is -0.219. The van der Waals surface area contributed by atoms with Crippen LogP contribution in [0.2, 0.25) is 10.0 Å². The number of rotatable bonds is 7. The van der Waals surface area contributed by atoms with Crippen LogP contribution in [-0.2, 0) is 19.7 Å². The molecule has 15 heteroatoms. The Labute approximate surface area is 201 Å². The summed E-state index contributed by atoms with van der Waals surface area (Å²) in [5.41, 5.74) is 0.791. The molecule has 0 amide bonds. The first-order chi connectivity index (χ1) is 15.8. The van der Waals surface area contributed by atoms with Gasteiger partial charge in [-0.2, -0.15) is 13.2 Å². The molecule has 180 valence electrons. The number of carbonyl (C=O) groups is 1. The summed E-state index contributed by atoms with van der Waals surface area (Å²) in [5.74, 6) is -2.05. The number of hydroxylamine groups is 1. The Morgan fingerprint density at radius 1 is 0.971 bits per heavy atom. The molecule has 2 N–H and O–H groups in total. The van der Waals surface area contributed by atoms with E-state index in [9.17, 15) is 26.4 Å². The fraction of sp³-hybridized carbons (Fsp3) is 0.105. The van der Waals surface area contributed by atoms with E-state index >= 15 is 0 Å². The fourth-order valence-electron chi connectivity index (χ4n) is 2.52. The third kappa shape index (κ3) is 6.47. The standard InChI is InChI=1S/C19H14Cl2F3N5O4S/c1-29(33-18(30)19(22,23)24)34(31,32)15-4-2-3-13(8-15)27-16-9-17(26-10-25-16)28-14-6-11(20)5-12(21)7-14/h2-10H,1H3,(H2,25,26,27,28). The lowest BCUT2D eigenvalue weighted by Crippen LogP contribution is -2.36. The van der Waals surface area contributed by atoms with Crippen molar-refractivity contribution < 1.29 is 31.2 Å². The molecule has 1 aromatic heterocycles. The van der Waals surface area contributed by atoms with Gasteiger partial charge in [0, 0.05) is 34.5 Å². The Hall–Kier alpha value is -3.13. The highest BCUT2D eigenvalue weighted by Gasteiger charge is 2.43. The van der Waals surface area contributed by atoms with Crippen LogP contribution in [0.15, 0.2) is 59.8 Å². The second-order valence-corrected chi connectivity index (χ2v) is 9.32. The van der Waals surface area contributed by atoms with Gasteiger partial charge in [-0.3, -0.25) is 0 Å². The Morgan fingerprint density at radius 3 is 2.15 bits per heavy atom. The highest BCUT2D eigenvalue weighted by atomic mass is 35.5. The predicted octanol–water partition coefficient (Wildman–Crippen LogP) is 4.91. The van der Waals surface area contributed by atoms with Gasteiger partial charge in [0.25, 0.3) is 10.0 Å². The zero-order valence-corrected chi connectivity index (χ0v) is 19.3. The Balaban J connectivity index is 1.77. The van der Waals surface area contributed by atoms with Crippen molar-refractivity contribution >= 4 is 62.2 Å². The first-order valence-electron chi connectivity index (χ1n) is 9.05. The van der Waals surface area contributed by atoms with Crippen molar-refractivity contribution in [3.8, 4) is 0 Å². The molecular weight excluding hydrogens is 522 g/mol. The van der Waals surface area contributed by atoms with Gasteiger partial charge in [0.2, 0.25) is 0 Å². The van der Waals surface area contributed by atoms with Crippen LogP contribution in [0.4, 0.5) is 36.2 Å². The van der Waals surface area contributed by atoms with Crippen LogP contribution in [0.3, 0.4) is 0 Å². The molecule has 3 aromatic rings. The third-order valence-electron chi connectivity index (χ3n) is 3.99. The summed E-state index contributed by atoms with van der Waals surface area (Å²) < 4.78 is 62.0. The van der Waals surface area contributed by atoms with E-state index in [0.29, 0.717) is 28.6 Å². The van der Waals surface area contributed by atoms with Gasteiger partial charge in [-0.05, 0) is 40.9 Å². The van der Waals surface area contributed by atoms with Crippen molar-refractivity contribution in [2.24, 2.45) is 0 Å². The van der Waals surface area contributed by atoms with Gasteiger partial charge >= 0.3 is 12.1 Å². The Morgan fingerprint density at radius 2 is 1.56 bits per heavy atom. The van der Waals surface area contributed by atoms with Crippen LogP contribution < -0.4 is 10.6 Å². The van der Waals surface area contributed by atoms with Crippen LogP contribution in [0, 0.1) is 0 Å². The van der Waals surface area contributed by atoms with E-state index < -0.39 is 27.1 Å². The van der Waals surface area contributed by atoms with E-state index in [1.54, 1.807) is 18.2 Å². The molecule has 0 spiro atoms. The van der Waals surface area contributed by atoms with Crippen molar-refractivity contribution in [2.45, 2.75) is 11.1 Å². The van der Waals surface area contributed by atoms with Gasteiger partial charge < -0.3 is 15.5 Å². The minimum Gasteiger partial charge on any atom is -0.345 e. The number of benzene rings is 2. The Bertz CT molecular complexity index is 1310. The van der Waals surface area contributed by atoms with Gasteiger partial charge in [0.05, 0.1) is 4.90 Å². The highest BCUT2D eigenvalue weighted by Crippen LogP contribution is 2.27. The summed E-state index contributed by atoms with van der Waals surface area (Å²) in [7, 11) is -3.92. The maximum absolute atomic E-state index is 12.5. The third-order valence-corrected chi connectivity index (χ3v) is 6.03. The summed E-state index contributed by atoms with van der Waals surface area (Å²) in [6.07, 6.45) is -4.12. The van der Waals surface area contributed by atoms with Crippen LogP contribution in [0.5, 0.6) is 0 Å². The molecule has 0 bridgehead atoms. The van der Waals surface area contributed by atoms with E-state index in [2.05, 4.69) is 25.4 Å². The minimum atomic E-state index is -5.36. The minimum absolute atomic E-state index is 0.162. The molecule has 0 saturated carbocycles. The van der Waals surface area contributed by atoms with Crippen molar-refractivity contribution in [1.82, 2.24) is 14.4 Å². The number of sulfonamides is 1. The SMILES string of the molecule is CN(OC(=O)C(F)(F)F)S(=O)(=O)c1cccc(Nc2cc(Nc3cc(Cl)cc(Cl)c3)ncn2)c1. The van der Waals surface area contributed by atoms with Crippen molar-refractivity contribution in [3.05, 3.63) is 64.9 Å². The Kier molecular flexibility index (Phi) is 7.51. The van der Waals surface area contributed by atoms with Gasteiger partial charge in [0.15, 0.2) is 0 Å². The maximum Gasteiger partial charge on any atom is 0.492 e. The molecule has 0 aliphatic rings. The van der Waals surface area contributed by atoms with Gasteiger partial charge in [-0.25, -0.2) is 23.2 Å². The average Bonchev–Trinajstić information content (AvgIpc) is 2.72. The van der Waals surface area contributed by atoms with E-state index in [1.807, 2.05) is 0 Å². The number of alkyl halides is 3. The lowest BCUT2D eigenvalue weighted by Gasteiger charge is -2.17. The van der Waals surface area contributed by atoms with E-state index in [1.165, 1.54) is 24.5 Å². The second kappa shape index (κ2) is 10.0. The molecule has 0 radical (unpaired) electrons. The second-order valence-electron chi connectivity index (χ2n) is 6.52. The first kappa shape index (κ1) is 25.5. The molecule has 1 heterocycles. The molecule has 0 saturated heterocycles. The predicted molar refractivity (Wildman–Crippen MR) is 119 cm³/mol. The number of halogens is 5. The topological polar surface area (TPSA) is 114 Å². The quantitative estimate of drug-likeness (QED) is 0.410. The van der Waals surface area contributed by atoms with Crippen LogP contribution in [-0.4, -0.2) is 42.0 Å².